The lowest BCUT2D eigenvalue weighted by Gasteiger charge is -2.06. The van der Waals surface area contributed by atoms with Crippen molar-refractivity contribution in [2.45, 2.75) is 39.5 Å². The molecule has 3 nitrogen and oxygen atoms in total. The summed E-state index contributed by atoms with van der Waals surface area (Å²) in [6, 6.07) is 0. The van der Waals surface area contributed by atoms with Gasteiger partial charge >= 0.3 is 0 Å². The van der Waals surface area contributed by atoms with Gasteiger partial charge in [0.2, 0.25) is 0 Å². The molecule has 92 valence electrons. The zero-order valence-corrected chi connectivity index (χ0v) is 12.0. The van der Waals surface area contributed by atoms with Crippen LogP contribution in [0.1, 0.15) is 43.3 Å². The van der Waals surface area contributed by atoms with Crippen LogP contribution in [-0.2, 0) is 0 Å². The third-order valence-corrected chi connectivity index (χ3v) is 4.92. The first kappa shape index (κ1) is 12.5. The van der Waals surface area contributed by atoms with Gasteiger partial charge in [0.15, 0.2) is 5.13 Å². The van der Waals surface area contributed by atoms with Gasteiger partial charge in [0, 0.05) is 11.3 Å². The van der Waals surface area contributed by atoms with Crippen LogP contribution in [0, 0.1) is 6.92 Å². The summed E-state index contributed by atoms with van der Waals surface area (Å²) in [5.41, 5.74) is 7.73. The molecule has 0 fully saturated rings. The van der Waals surface area contributed by atoms with Gasteiger partial charge in [0.25, 0.3) is 0 Å². The summed E-state index contributed by atoms with van der Waals surface area (Å²) in [7, 11) is 0. The molecule has 17 heavy (non-hydrogen) atoms. The first-order valence-electron chi connectivity index (χ1n) is 5.84. The summed E-state index contributed by atoms with van der Waals surface area (Å²) in [4.78, 5) is 10.1. The fourth-order valence-electron chi connectivity index (χ4n) is 1.87. The largest absolute Gasteiger partial charge is 0.375 e. The van der Waals surface area contributed by atoms with E-state index in [4.69, 9.17) is 10.7 Å². The topological polar surface area (TPSA) is 51.8 Å². The van der Waals surface area contributed by atoms with Crippen molar-refractivity contribution >= 4 is 27.8 Å². The number of rotatable bonds is 4. The second kappa shape index (κ2) is 5.14. The Bertz CT molecular complexity index is 498. The number of nitrogen functional groups attached to an aromatic ring is 1. The van der Waals surface area contributed by atoms with E-state index in [1.165, 1.54) is 16.3 Å². The molecule has 5 heteroatoms. The molecule has 0 spiro atoms. The van der Waals surface area contributed by atoms with E-state index in [9.17, 15) is 0 Å². The maximum absolute atomic E-state index is 5.72. The van der Waals surface area contributed by atoms with Crippen LogP contribution in [0.15, 0.2) is 5.38 Å². The molecular formula is C12H17N3S2. The van der Waals surface area contributed by atoms with Crippen LogP contribution in [-0.4, -0.2) is 9.97 Å². The number of aromatic nitrogens is 2. The Balaban J connectivity index is 2.32. The van der Waals surface area contributed by atoms with Gasteiger partial charge < -0.3 is 5.73 Å². The average Bonchev–Trinajstić information content (AvgIpc) is 2.87. The first-order valence-corrected chi connectivity index (χ1v) is 7.54. The Hall–Kier alpha value is -0.940. The predicted molar refractivity (Wildman–Crippen MR) is 75.7 cm³/mol. The van der Waals surface area contributed by atoms with E-state index in [2.05, 4.69) is 24.2 Å². The molecule has 0 saturated carbocycles. The summed E-state index contributed by atoms with van der Waals surface area (Å²) in [6.45, 7) is 6.41. The van der Waals surface area contributed by atoms with Crippen molar-refractivity contribution in [3.63, 3.8) is 0 Å². The zero-order chi connectivity index (χ0) is 12.4. The van der Waals surface area contributed by atoms with E-state index in [1.54, 1.807) is 11.3 Å². The Morgan fingerprint density at radius 3 is 2.53 bits per heavy atom. The zero-order valence-electron chi connectivity index (χ0n) is 10.4. The molecule has 2 rings (SSSR count). The van der Waals surface area contributed by atoms with E-state index in [0.29, 0.717) is 11.0 Å². The van der Waals surface area contributed by atoms with E-state index < -0.39 is 0 Å². The SMILES string of the molecule is CCC(CC)c1nc(-c2sc(N)nc2C)cs1. The Labute approximate surface area is 110 Å². The number of hydrogen-bond acceptors (Lipinski definition) is 5. The van der Waals surface area contributed by atoms with E-state index in [1.807, 2.05) is 6.92 Å². The lowest BCUT2D eigenvalue weighted by molar-refractivity contribution is 0.638. The molecule has 0 atom stereocenters. The summed E-state index contributed by atoms with van der Waals surface area (Å²) < 4.78 is 0. The Kier molecular flexibility index (Phi) is 3.79. The highest BCUT2D eigenvalue weighted by Crippen LogP contribution is 2.34. The Morgan fingerprint density at radius 2 is 2.00 bits per heavy atom. The summed E-state index contributed by atoms with van der Waals surface area (Å²) in [5.74, 6) is 0.583. The summed E-state index contributed by atoms with van der Waals surface area (Å²) >= 11 is 3.27. The van der Waals surface area contributed by atoms with Crippen molar-refractivity contribution in [2.24, 2.45) is 0 Å². The molecule has 0 aromatic carbocycles. The molecule has 2 aromatic rings. The molecule has 0 radical (unpaired) electrons. The monoisotopic (exact) mass is 267 g/mol. The fourth-order valence-corrected chi connectivity index (χ4v) is 3.82. The van der Waals surface area contributed by atoms with Crippen molar-refractivity contribution in [3.05, 3.63) is 16.1 Å². The number of thiazole rings is 2. The number of aryl methyl sites for hydroxylation is 1. The fraction of sp³-hybridized carbons (Fsp3) is 0.500. The minimum atomic E-state index is 0.583. The molecule has 0 saturated heterocycles. The molecule has 0 amide bonds. The van der Waals surface area contributed by atoms with E-state index >= 15 is 0 Å². The van der Waals surface area contributed by atoms with Crippen LogP contribution in [0.25, 0.3) is 10.6 Å². The van der Waals surface area contributed by atoms with Gasteiger partial charge in [-0.15, -0.1) is 11.3 Å². The van der Waals surface area contributed by atoms with Gasteiger partial charge in [0.1, 0.15) is 0 Å². The highest BCUT2D eigenvalue weighted by atomic mass is 32.1. The molecule has 2 aromatic heterocycles. The molecule has 0 bridgehead atoms. The average molecular weight is 267 g/mol. The van der Waals surface area contributed by atoms with Crippen LogP contribution >= 0.6 is 22.7 Å². The highest BCUT2D eigenvalue weighted by Gasteiger charge is 2.15. The third kappa shape index (κ3) is 2.50. The molecule has 2 N–H and O–H groups in total. The lowest BCUT2D eigenvalue weighted by atomic mass is 10.1. The Morgan fingerprint density at radius 1 is 1.29 bits per heavy atom. The maximum Gasteiger partial charge on any atom is 0.180 e. The molecule has 0 aliphatic carbocycles. The molecule has 0 unspecified atom stereocenters. The standard InChI is InChI=1S/C12H17N3S2/c1-4-8(5-2)11-15-9(6-16-11)10-7(3)14-12(13)17-10/h6,8H,4-5H2,1-3H3,(H2,13,14). The van der Waals surface area contributed by atoms with Gasteiger partial charge in [-0.1, -0.05) is 25.2 Å². The summed E-state index contributed by atoms with van der Waals surface area (Å²) in [6.07, 6.45) is 2.29. The van der Waals surface area contributed by atoms with Crippen LogP contribution in [0.2, 0.25) is 0 Å². The lowest BCUT2D eigenvalue weighted by Crippen LogP contribution is -1.94. The van der Waals surface area contributed by atoms with Crippen LogP contribution in [0.3, 0.4) is 0 Å². The van der Waals surface area contributed by atoms with Crippen molar-refractivity contribution in [1.82, 2.24) is 9.97 Å². The maximum atomic E-state index is 5.72. The molecule has 0 aliphatic heterocycles. The summed E-state index contributed by atoms with van der Waals surface area (Å²) in [5, 5.41) is 3.97. The number of nitrogens with zero attached hydrogens (tertiary/aromatic N) is 2. The first-order chi connectivity index (χ1) is 8.15. The van der Waals surface area contributed by atoms with Crippen molar-refractivity contribution < 1.29 is 0 Å². The normalized spacial score (nSPS) is 11.3. The van der Waals surface area contributed by atoms with Gasteiger partial charge in [-0.05, 0) is 19.8 Å². The quantitative estimate of drug-likeness (QED) is 0.908. The van der Waals surface area contributed by atoms with Gasteiger partial charge in [-0.2, -0.15) is 0 Å². The minimum Gasteiger partial charge on any atom is -0.375 e. The number of nitrogens with two attached hydrogens (primary N) is 1. The smallest absolute Gasteiger partial charge is 0.180 e. The van der Waals surface area contributed by atoms with Crippen LogP contribution in [0.4, 0.5) is 5.13 Å². The van der Waals surface area contributed by atoms with Gasteiger partial charge in [-0.3, -0.25) is 0 Å². The number of anilines is 1. The van der Waals surface area contributed by atoms with Gasteiger partial charge in [0.05, 0.1) is 21.3 Å². The van der Waals surface area contributed by atoms with Crippen LogP contribution < -0.4 is 5.73 Å². The van der Waals surface area contributed by atoms with Crippen LogP contribution in [0.5, 0.6) is 0 Å². The van der Waals surface area contributed by atoms with E-state index in [0.717, 1.165) is 29.1 Å². The number of hydrogen-bond donors (Lipinski definition) is 1. The molecular weight excluding hydrogens is 250 g/mol. The van der Waals surface area contributed by atoms with Crippen molar-refractivity contribution in [2.75, 3.05) is 5.73 Å². The molecule has 0 aliphatic rings. The molecule has 2 heterocycles. The second-order valence-electron chi connectivity index (χ2n) is 4.05. The second-order valence-corrected chi connectivity index (χ2v) is 5.97. The van der Waals surface area contributed by atoms with Crippen molar-refractivity contribution in [3.8, 4) is 10.6 Å². The van der Waals surface area contributed by atoms with Gasteiger partial charge in [-0.25, -0.2) is 9.97 Å². The third-order valence-electron chi connectivity index (χ3n) is 2.90. The minimum absolute atomic E-state index is 0.583. The van der Waals surface area contributed by atoms with Crippen molar-refractivity contribution in [1.29, 1.82) is 0 Å². The van der Waals surface area contributed by atoms with E-state index in [-0.39, 0.29) is 0 Å². The predicted octanol–water partition coefficient (Wildman–Crippen LogP) is 4.06. The highest BCUT2D eigenvalue weighted by molar-refractivity contribution is 7.19.